The van der Waals surface area contributed by atoms with Crippen LogP contribution in [0.1, 0.15) is 50.5 Å². The van der Waals surface area contributed by atoms with Crippen molar-refractivity contribution in [2.45, 2.75) is 44.9 Å². The Morgan fingerprint density at radius 3 is 2.74 bits per heavy atom. The van der Waals surface area contributed by atoms with E-state index in [-0.39, 0.29) is 10.9 Å². The second-order valence-corrected chi connectivity index (χ2v) is 5.57. The molecule has 0 saturated heterocycles. The maximum Gasteiger partial charge on any atom is 0.225 e. The second-order valence-electron chi connectivity index (χ2n) is 5.13. The van der Waals surface area contributed by atoms with Gasteiger partial charge in [-0.15, -0.1) is 0 Å². The quantitative estimate of drug-likeness (QED) is 0.584. The molecule has 1 saturated carbocycles. The third-order valence-electron chi connectivity index (χ3n) is 3.62. The number of rotatable bonds is 4. The number of carbonyl (C=O) groups is 1. The lowest BCUT2D eigenvalue weighted by molar-refractivity contribution is -0.117. The van der Waals surface area contributed by atoms with Crippen molar-refractivity contribution in [1.29, 1.82) is 0 Å². The Balaban J connectivity index is 1.89. The van der Waals surface area contributed by atoms with E-state index in [0.29, 0.717) is 23.7 Å². The summed E-state index contributed by atoms with van der Waals surface area (Å²) in [6.07, 6.45) is 9.46. The summed E-state index contributed by atoms with van der Waals surface area (Å²) in [6.45, 7) is 0. The number of nitrogens with two attached hydrogens (primary N) is 1. The van der Waals surface area contributed by atoms with E-state index in [9.17, 15) is 4.79 Å². The molecule has 1 aromatic rings. The number of hydrogen-bond donors (Lipinski definition) is 3. The number of carbonyl (C=O) groups excluding carboxylic acids is 1. The summed E-state index contributed by atoms with van der Waals surface area (Å²) >= 11 is 4.90. The molecule has 1 aliphatic rings. The minimum Gasteiger partial charge on any atom is -0.389 e. The summed E-state index contributed by atoms with van der Waals surface area (Å²) in [5, 5.41) is 9.38. The fourth-order valence-corrected chi connectivity index (χ4v) is 2.74. The molecule has 1 heterocycles. The Kier molecular flexibility index (Phi) is 4.90. The summed E-state index contributed by atoms with van der Waals surface area (Å²) in [5.41, 5.74) is 6.15. The van der Waals surface area contributed by atoms with Crippen molar-refractivity contribution in [2.75, 3.05) is 5.32 Å². The SMILES string of the molecule is NC(=S)c1cn[nH]c1NC(=O)CC1CCCCCC1. The van der Waals surface area contributed by atoms with Crippen LogP contribution in [0.2, 0.25) is 0 Å². The minimum absolute atomic E-state index is 0.00801. The third-order valence-corrected chi connectivity index (χ3v) is 3.84. The molecule has 6 heteroatoms. The number of H-pyrrole nitrogens is 1. The van der Waals surface area contributed by atoms with E-state index >= 15 is 0 Å². The number of thiocarbonyl (C=S) groups is 1. The Bertz CT molecular complexity index is 449. The predicted octanol–water partition coefficient (Wildman–Crippen LogP) is 2.34. The van der Waals surface area contributed by atoms with Crippen molar-refractivity contribution < 1.29 is 4.79 Å². The molecule has 1 fully saturated rings. The highest BCUT2D eigenvalue weighted by Gasteiger charge is 2.17. The van der Waals surface area contributed by atoms with Crippen molar-refractivity contribution >= 4 is 28.9 Å². The molecule has 19 heavy (non-hydrogen) atoms. The van der Waals surface area contributed by atoms with Gasteiger partial charge in [0.15, 0.2) is 0 Å². The van der Waals surface area contributed by atoms with Crippen molar-refractivity contribution in [3.05, 3.63) is 11.8 Å². The van der Waals surface area contributed by atoms with E-state index < -0.39 is 0 Å². The molecular formula is C13H20N4OS. The molecular weight excluding hydrogens is 260 g/mol. The molecule has 0 unspecified atom stereocenters. The zero-order valence-corrected chi connectivity index (χ0v) is 11.8. The van der Waals surface area contributed by atoms with Crippen LogP contribution in [0.5, 0.6) is 0 Å². The van der Waals surface area contributed by atoms with Gasteiger partial charge in [0.05, 0.1) is 11.8 Å². The molecule has 0 atom stereocenters. The molecule has 5 nitrogen and oxygen atoms in total. The maximum atomic E-state index is 12.0. The van der Waals surface area contributed by atoms with Crippen LogP contribution >= 0.6 is 12.2 Å². The van der Waals surface area contributed by atoms with Crippen LogP contribution in [0.3, 0.4) is 0 Å². The summed E-state index contributed by atoms with van der Waals surface area (Å²) in [4.78, 5) is 12.3. The van der Waals surface area contributed by atoms with E-state index in [1.807, 2.05) is 0 Å². The highest BCUT2D eigenvalue weighted by Crippen LogP contribution is 2.25. The van der Waals surface area contributed by atoms with Crippen LogP contribution in [-0.2, 0) is 4.79 Å². The summed E-state index contributed by atoms with van der Waals surface area (Å²) in [7, 11) is 0. The van der Waals surface area contributed by atoms with Gasteiger partial charge < -0.3 is 11.1 Å². The lowest BCUT2D eigenvalue weighted by atomic mass is 9.96. The van der Waals surface area contributed by atoms with Gasteiger partial charge in [0, 0.05) is 6.42 Å². The lowest BCUT2D eigenvalue weighted by Crippen LogP contribution is -2.19. The molecule has 0 radical (unpaired) electrons. The second kappa shape index (κ2) is 6.65. The monoisotopic (exact) mass is 280 g/mol. The standard InChI is InChI=1S/C13H20N4OS/c14-12(19)10-8-15-17-13(10)16-11(18)7-9-5-3-1-2-4-6-9/h8-9H,1-7H2,(H2,14,19)(H2,15,16,17,18). The molecule has 104 valence electrons. The summed E-state index contributed by atoms with van der Waals surface area (Å²) in [5.74, 6) is 1.01. The van der Waals surface area contributed by atoms with Gasteiger partial charge in [-0.2, -0.15) is 5.10 Å². The smallest absolute Gasteiger partial charge is 0.225 e. The number of nitrogens with zero attached hydrogens (tertiary/aromatic N) is 1. The van der Waals surface area contributed by atoms with Crippen molar-refractivity contribution in [3.8, 4) is 0 Å². The highest BCUT2D eigenvalue weighted by atomic mass is 32.1. The van der Waals surface area contributed by atoms with Gasteiger partial charge in [0.2, 0.25) is 5.91 Å². The van der Waals surface area contributed by atoms with Crippen LogP contribution in [0, 0.1) is 5.92 Å². The van der Waals surface area contributed by atoms with Gasteiger partial charge in [0.25, 0.3) is 0 Å². The van der Waals surface area contributed by atoms with Gasteiger partial charge in [-0.25, -0.2) is 0 Å². The van der Waals surface area contributed by atoms with Crippen LogP contribution in [0.4, 0.5) is 5.82 Å². The van der Waals surface area contributed by atoms with E-state index in [1.54, 1.807) is 0 Å². The molecule has 4 N–H and O–H groups in total. The van der Waals surface area contributed by atoms with E-state index in [4.69, 9.17) is 18.0 Å². The third kappa shape index (κ3) is 4.02. The van der Waals surface area contributed by atoms with E-state index in [2.05, 4.69) is 15.5 Å². The lowest BCUT2D eigenvalue weighted by Gasteiger charge is -2.13. The molecule has 1 aliphatic carbocycles. The first-order valence-electron chi connectivity index (χ1n) is 6.80. The van der Waals surface area contributed by atoms with Crippen LogP contribution < -0.4 is 11.1 Å². The van der Waals surface area contributed by atoms with Crippen LogP contribution in [-0.4, -0.2) is 21.1 Å². The Morgan fingerprint density at radius 1 is 1.42 bits per heavy atom. The maximum absolute atomic E-state index is 12.0. The average Bonchev–Trinajstić information content (AvgIpc) is 2.66. The first-order valence-corrected chi connectivity index (χ1v) is 7.20. The Labute approximate surface area is 118 Å². The Hall–Kier alpha value is -1.43. The first-order chi connectivity index (χ1) is 9.16. The highest BCUT2D eigenvalue weighted by molar-refractivity contribution is 7.80. The van der Waals surface area contributed by atoms with Gasteiger partial charge in [-0.3, -0.25) is 9.89 Å². The fraction of sp³-hybridized carbons (Fsp3) is 0.615. The number of anilines is 1. The minimum atomic E-state index is 0.00801. The molecule has 0 spiro atoms. The molecule has 1 amide bonds. The number of amides is 1. The zero-order valence-electron chi connectivity index (χ0n) is 10.9. The number of hydrogen-bond acceptors (Lipinski definition) is 3. The van der Waals surface area contributed by atoms with Gasteiger partial charge >= 0.3 is 0 Å². The summed E-state index contributed by atoms with van der Waals surface area (Å²) in [6, 6.07) is 0. The zero-order chi connectivity index (χ0) is 13.7. The molecule has 0 aliphatic heterocycles. The van der Waals surface area contributed by atoms with Crippen molar-refractivity contribution in [2.24, 2.45) is 11.7 Å². The number of nitrogens with one attached hydrogen (secondary N) is 2. The average molecular weight is 280 g/mol. The van der Waals surface area contributed by atoms with E-state index in [0.717, 1.165) is 12.8 Å². The molecule has 0 aromatic carbocycles. The largest absolute Gasteiger partial charge is 0.389 e. The van der Waals surface area contributed by atoms with Gasteiger partial charge in [-0.05, 0) is 18.8 Å². The van der Waals surface area contributed by atoms with E-state index in [1.165, 1.54) is 31.9 Å². The fourth-order valence-electron chi connectivity index (χ4n) is 2.59. The Morgan fingerprint density at radius 2 is 2.11 bits per heavy atom. The van der Waals surface area contributed by atoms with Gasteiger partial charge in [0.1, 0.15) is 10.8 Å². The van der Waals surface area contributed by atoms with Crippen LogP contribution in [0.15, 0.2) is 6.20 Å². The topological polar surface area (TPSA) is 83.8 Å². The van der Waals surface area contributed by atoms with Gasteiger partial charge in [-0.1, -0.05) is 37.9 Å². The predicted molar refractivity (Wildman–Crippen MR) is 78.9 cm³/mol. The normalized spacial score (nSPS) is 16.8. The number of aromatic amines is 1. The number of aromatic nitrogens is 2. The first kappa shape index (κ1) is 14.0. The molecule has 1 aromatic heterocycles. The van der Waals surface area contributed by atoms with Crippen molar-refractivity contribution in [3.63, 3.8) is 0 Å². The molecule has 2 rings (SSSR count). The van der Waals surface area contributed by atoms with Crippen LogP contribution in [0.25, 0.3) is 0 Å². The molecule has 0 bridgehead atoms. The van der Waals surface area contributed by atoms with Crippen molar-refractivity contribution in [1.82, 2.24) is 10.2 Å². The summed E-state index contributed by atoms with van der Waals surface area (Å²) < 4.78 is 0.